The van der Waals surface area contributed by atoms with Crippen molar-refractivity contribution in [2.75, 3.05) is 31.1 Å². The minimum Gasteiger partial charge on any atom is -0.481 e. The highest BCUT2D eigenvalue weighted by atomic mass is 35.5. The van der Waals surface area contributed by atoms with E-state index in [2.05, 4.69) is 15.9 Å². The van der Waals surface area contributed by atoms with E-state index in [0.29, 0.717) is 0 Å². The van der Waals surface area contributed by atoms with Gasteiger partial charge in [0.2, 0.25) is 0 Å². The fourth-order valence-corrected chi connectivity index (χ4v) is 5.21. The van der Waals surface area contributed by atoms with Gasteiger partial charge in [0, 0.05) is 37.7 Å². The Bertz CT molecular complexity index is 1040. The van der Waals surface area contributed by atoms with Gasteiger partial charge in [-0.1, -0.05) is 46.7 Å². The Labute approximate surface area is 179 Å². The number of nitrogens with zero attached hydrogens (tertiary/aromatic N) is 3. The normalized spacial score (nSPS) is 15.6. The molecule has 5 nitrogen and oxygen atoms in total. The minimum absolute atomic E-state index is 0.0735. The minimum atomic E-state index is -0.788. The summed E-state index contributed by atoms with van der Waals surface area (Å²) in [6, 6.07) is 12.0. The van der Waals surface area contributed by atoms with Gasteiger partial charge in [0.15, 0.2) is 5.13 Å². The Morgan fingerprint density at radius 3 is 2.79 bits per heavy atom. The predicted molar refractivity (Wildman–Crippen MR) is 119 cm³/mol. The van der Waals surface area contributed by atoms with Gasteiger partial charge in [-0.15, -0.1) is 0 Å². The van der Waals surface area contributed by atoms with Crippen LogP contribution >= 0.6 is 22.9 Å². The van der Waals surface area contributed by atoms with Gasteiger partial charge in [0.25, 0.3) is 0 Å². The maximum Gasteiger partial charge on any atom is 0.307 e. The average Bonchev–Trinajstić information content (AvgIpc) is 2.92. The second-order valence-electron chi connectivity index (χ2n) is 7.62. The number of anilines is 1. The van der Waals surface area contributed by atoms with Crippen LogP contribution in [0.3, 0.4) is 0 Å². The van der Waals surface area contributed by atoms with E-state index in [1.165, 1.54) is 5.56 Å². The van der Waals surface area contributed by atoms with E-state index in [1.54, 1.807) is 11.3 Å². The zero-order valence-electron chi connectivity index (χ0n) is 16.4. The second-order valence-corrected chi connectivity index (χ2v) is 9.07. The predicted octanol–water partition coefficient (Wildman–Crippen LogP) is 4.60. The highest BCUT2D eigenvalue weighted by Gasteiger charge is 2.18. The van der Waals surface area contributed by atoms with E-state index in [1.807, 2.05) is 37.3 Å². The third-order valence-electron chi connectivity index (χ3n) is 5.16. The van der Waals surface area contributed by atoms with Crippen LogP contribution in [0, 0.1) is 6.92 Å². The van der Waals surface area contributed by atoms with E-state index in [0.717, 1.165) is 70.6 Å². The summed E-state index contributed by atoms with van der Waals surface area (Å²) in [4.78, 5) is 20.7. The zero-order chi connectivity index (χ0) is 20.4. The lowest BCUT2D eigenvalue weighted by atomic mass is 10.0. The van der Waals surface area contributed by atoms with Crippen molar-refractivity contribution in [1.29, 1.82) is 0 Å². The van der Waals surface area contributed by atoms with Gasteiger partial charge in [-0.2, -0.15) is 0 Å². The van der Waals surface area contributed by atoms with Crippen LogP contribution in [-0.2, 0) is 17.8 Å². The smallest absolute Gasteiger partial charge is 0.307 e. The fourth-order valence-electron chi connectivity index (χ4n) is 3.92. The number of rotatable bonds is 5. The standard InChI is InChI=1S/C22H24ClN3O2S/c1-15-9-16(12-21(27)28)11-17(10-15)14-25-5-2-6-26(8-7-25)22-24-19-4-3-18(23)13-20(19)29-22/h3-4,9-11,13H,2,5-8,12,14H2,1H3,(H,27,28). The summed E-state index contributed by atoms with van der Waals surface area (Å²) in [5.41, 5.74) is 4.17. The highest BCUT2D eigenvalue weighted by molar-refractivity contribution is 7.22. The molecule has 1 saturated heterocycles. The molecule has 0 spiro atoms. The molecule has 1 aromatic heterocycles. The van der Waals surface area contributed by atoms with E-state index in [9.17, 15) is 4.79 Å². The first-order chi connectivity index (χ1) is 14.0. The largest absolute Gasteiger partial charge is 0.481 e. The summed E-state index contributed by atoms with van der Waals surface area (Å²) < 4.78 is 1.12. The van der Waals surface area contributed by atoms with Crippen molar-refractivity contribution in [2.45, 2.75) is 26.3 Å². The molecule has 0 amide bonds. The summed E-state index contributed by atoms with van der Waals surface area (Å²) in [6.45, 7) is 6.77. The van der Waals surface area contributed by atoms with Crippen molar-refractivity contribution in [1.82, 2.24) is 9.88 Å². The second kappa shape index (κ2) is 8.69. The lowest BCUT2D eigenvalue weighted by molar-refractivity contribution is -0.136. The third-order valence-corrected chi connectivity index (χ3v) is 6.47. The maximum absolute atomic E-state index is 11.1. The molecule has 0 unspecified atom stereocenters. The van der Waals surface area contributed by atoms with Crippen LogP contribution in [-0.4, -0.2) is 47.1 Å². The lowest BCUT2D eigenvalue weighted by Gasteiger charge is -2.22. The molecule has 1 aliphatic rings. The molecule has 1 fully saturated rings. The zero-order valence-corrected chi connectivity index (χ0v) is 18.0. The number of thiazole rings is 1. The average molecular weight is 430 g/mol. The SMILES string of the molecule is Cc1cc(CC(=O)O)cc(CN2CCCN(c3nc4ccc(Cl)cc4s3)CC2)c1. The van der Waals surface area contributed by atoms with Crippen molar-refractivity contribution in [2.24, 2.45) is 0 Å². The first kappa shape index (κ1) is 20.1. The number of hydrogen-bond donors (Lipinski definition) is 1. The summed E-state index contributed by atoms with van der Waals surface area (Å²) in [5, 5.41) is 10.9. The molecule has 0 bridgehead atoms. The van der Waals surface area contributed by atoms with E-state index in [4.69, 9.17) is 21.7 Å². The molecular formula is C22H24ClN3O2S. The molecule has 0 radical (unpaired) electrons. The van der Waals surface area contributed by atoms with Crippen molar-refractivity contribution in [3.8, 4) is 0 Å². The van der Waals surface area contributed by atoms with Gasteiger partial charge >= 0.3 is 5.97 Å². The molecule has 7 heteroatoms. The van der Waals surface area contributed by atoms with Crippen LogP contribution in [0.4, 0.5) is 5.13 Å². The van der Waals surface area contributed by atoms with Gasteiger partial charge in [0.1, 0.15) is 0 Å². The van der Waals surface area contributed by atoms with Gasteiger partial charge in [-0.3, -0.25) is 9.69 Å². The molecule has 29 heavy (non-hydrogen) atoms. The molecule has 0 atom stereocenters. The summed E-state index contributed by atoms with van der Waals surface area (Å²) in [7, 11) is 0. The van der Waals surface area contributed by atoms with E-state index >= 15 is 0 Å². The fraction of sp³-hybridized carbons (Fsp3) is 0.364. The first-order valence-corrected chi connectivity index (χ1v) is 11.0. The van der Waals surface area contributed by atoms with Crippen LogP contribution in [0.15, 0.2) is 36.4 Å². The monoisotopic (exact) mass is 429 g/mol. The number of aromatic nitrogens is 1. The van der Waals surface area contributed by atoms with Crippen LogP contribution in [0.25, 0.3) is 10.2 Å². The number of benzene rings is 2. The highest BCUT2D eigenvalue weighted by Crippen LogP contribution is 2.31. The number of fused-ring (bicyclic) bond motifs is 1. The number of aliphatic carboxylic acids is 1. The van der Waals surface area contributed by atoms with Crippen LogP contribution < -0.4 is 4.90 Å². The molecule has 0 aliphatic carbocycles. The number of carbonyl (C=O) groups is 1. The van der Waals surface area contributed by atoms with Gasteiger partial charge in [-0.05, 0) is 42.7 Å². The Morgan fingerprint density at radius 1 is 1.14 bits per heavy atom. The summed E-state index contributed by atoms with van der Waals surface area (Å²) >= 11 is 7.81. The van der Waals surface area contributed by atoms with Gasteiger partial charge in [-0.25, -0.2) is 4.98 Å². The third kappa shape index (κ3) is 5.07. The van der Waals surface area contributed by atoms with Crippen molar-refractivity contribution >= 4 is 44.3 Å². The van der Waals surface area contributed by atoms with E-state index < -0.39 is 5.97 Å². The Kier molecular flexibility index (Phi) is 6.04. The molecule has 2 heterocycles. The molecule has 152 valence electrons. The molecule has 1 aliphatic heterocycles. The molecule has 0 saturated carbocycles. The molecule has 4 rings (SSSR count). The summed E-state index contributed by atoms with van der Waals surface area (Å²) in [5.74, 6) is -0.788. The van der Waals surface area contributed by atoms with Gasteiger partial charge in [0.05, 0.1) is 16.6 Å². The van der Waals surface area contributed by atoms with Crippen molar-refractivity contribution in [3.05, 3.63) is 58.1 Å². The maximum atomic E-state index is 11.1. The Morgan fingerprint density at radius 2 is 1.97 bits per heavy atom. The number of carboxylic acid groups (broad SMARTS) is 1. The Balaban J connectivity index is 1.43. The van der Waals surface area contributed by atoms with Crippen molar-refractivity contribution in [3.63, 3.8) is 0 Å². The Hall–Kier alpha value is -2.15. The molecule has 2 aromatic carbocycles. The van der Waals surface area contributed by atoms with Crippen LogP contribution in [0.1, 0.15) is 23.1 Å². The molecule has 3 aromatic rings. The molecular weight excluding hydrogens is 406 g/mol. The van der Waals surface area contributed by atoms with Gasteiger partial charge < -0.3 is 10.0 Å². The number of aryl methyl sites for hydroxylation is 1. The van der Waals surface area contributed by atoms with Crippen LogP contribution in [0.2, 0.25) is 5.02 Å². The van der Waals surface area contributed by atoms with E-state index in [-0.39, 0.29) is 6.42 Å². The number of hydrogen-bond acceptors (Lipinski definition) is 5. The summed E-state index contributed by atoms with van der Waals surface area (Å²) in [6.07, 6.45) is 1.15. The first-order valence-electron chi connectivity index (χ1n) is 9.81. The topological polar surface area (TPSA) is 56.7 Å². The molecule has 1 N–H and O–H groups in total. The van der Waals surface area contributed by atoms with Crippen molar-refractivity contribution < 1.29 is 9.90 Å². The lowest BCUT2D eigenvalue weighted by Crippen LogP contribution is -2.30. The van der Waals surface area contributed by atoms with Crippen LogP contribution in [0.5, 0.6) is 0 Å². The quantitative estimate of drug-likeness (QED) is 0.642. The number of carboxylic acids is 1. The number of halogens is 1.